The third-order valence-electron chi connectivity index (χ3n) is 5.29. The average Bonchev–Trinajstić information content (AvgIpc) is 3.51. The van der Waals surface area contributed by atoms with Gasteiger partial charge < -0.3 is 29.0 Å². The van der Waals surface area contributed by atoms with Crippen LogP contribution in [0.5, 0.6) is 11.9 Å². The van der Waals surface area contributed by atoms with Crippen molar-refractivity contribution in [3.8, 4) is 11.9 Å². The number of thiazole rings is 1. The van der Waals surface area contributed by atoms with Gasteiger partial charge in [0.25, 0.3) is 6.01 Å². The lowest BCUT2D eigenvalue weighted by Crippen LogP contribution is -2.34. The minimum Gasteiger partial charge on any atom is -0.469 e. The summed E-state index contributed by atoms with van der Waals surface area (Å²) in [7, 11) is 0. The zero-order chi connectivity index (χ0) is 20.9. The molecular formula is C20H17ClN4O5S. The summed E-state index contributed by atoms with van der Waals surface area (Å²) in [6.07, 6.45) is -1.70. The maximum Gasteiger partial charge on any atom is 0.296 e. The zero-order valence-electron chi connectivity index (χ0n) is 16.0. The number of aliphatic hydroxyl groups excluding tert-OH is 1. The Morgan fingerprint density at radius 1 is 1.16 bits per heavy atom. The SMILES string of the molecule is O[C@@H]1COC2[C@H](Oc3nc4nc(OCc5nc6ccccc6s5)c(Cl)cc4[nH]3)CO[C@@H]21. The Morgan fingerprint density at radius 2 is 2.03 bits per heavy atom. The number of nitrogens with zero attached hydrogens (tertiary/aromatic N) is 3. The first-order valence-corrected chi connectivity index (χ1v) is 10.9. The Morgan fingerprint density at radius 3 is 2.94 bits per heavy atom. The monoisotopic (exact) mass is 460 g/mol. The predicted octanol–water partition coefficient (Wildman–Crippen LogP) is 2.71. The van der Waals surface area contributed by atoms with E-state index in [2.05, 4.69) is 19.9 Å². The summed E-state index contributed by atoms with van der Waals surface area (Å²) < 4.78 is 24.0. The van der Waals surface area contributed by atoms with Crippen molar-refractivity contribution in [2.75, 3.05) is 13.2 Å². The van der Waals surface area contributed by atoms with Gasteiger partial charge in [0.15, 0.2) is 11.8 Å². The molecular weight excluding hydrogens is 444 g/mol. The first-order chi connectivity index (χ1) is 15.1. The summed E-state index contributed by atoms with van der Waals surface area (Å²) in [6.45, 7) is 0.809. The molecule has 2 saturated heterocycles. The Balaban J connectivity index is 1.19. The number of benzene rings is 1. The summed E-state index contributed by atoms with van der Waals surface area (Å²) >= 11 is 7.92. The number of halogens is 1. The lowest BCUT2D eigenvalue weighted by Gasteiger charge is -2.15. The Bertz CT molecular complexity index is 1230. The van der Waals surface area contributed by atoms with Gasteiger partial charge in [-0.25, -0.2) is 4.98 Å². The molecule has 5 heterocycles. The van der Waals surface area contributed by atoms with E-state index < -0.39 is 6.10 Å². The van der Waals surface area contributed by atoms with Crippen molar-refractivity contribution in [2.45, 2.75) is 31.0 Å². The van der Waals surface area contributed by atoms with Crippen LogP contribution in [0, 0.1) is 0 Å². The molecule has 1 unspecified atom stereocenters. The molecule has 3 aromatic heterocycles. The van der Waals surface area contributed by atoms with Gasteiger partial charge in [0, 0.05) is 0 Å². The Labute approximate surface area is 184 Å². The molecule has 1 aromatic carbocycles. The second kappa shape index (κ2) is 7.57. The van der Waals surface area contributed by atoms with Crippen LogP contribution >= 0.6 is 22.9 Å². The number of rotatable bonds is 5. The van der Waals surface area contributed by atoms with Crippen molar-refractivity contribution in [1.82, 2.24) is 19.9 Å². The number of fused-ring (bicyclic) bond motifs is 3. The minimum absolute atomic E-state index is 0.238. The van der Waals surface area contributed by atoms with Crippen LogP contribution in [0.2, 0.25) is 5.02 Å². The van der Waals surface area contributed by atoms with Crippen LogP contribution in [-0.2, 0) is 16.1 Å². The number of H-pyrrole nitrogens is 1. The lowest BCUT2D eigenvalue weighted by atomic mass is 10.1. The molecule has 6 rings (SSSR count). The third-order valence-corrected chi connectivity index (χ3v) is 6.57. The van der Waals surface area contributed by atoms with Crippen LogP contribution in [-0.4, -0.2) is 62.7 Å². The molecule has 11 heteroatoms. The number of hydrogen-bond donors (Lipinski definition) is 2. The van der Waals surface area contributed by atoms with Gasteiger partial charge in [0.2, 0.25) is 5.88 Å². The van der Waals surface area contributed by atoms with Crippen molar-refractivity contribution in [3.63, 3.8) is 0 Å². The highest BCUT2D eigenvalue weighted by Gasteiger charge is 2.48. The van der Waals surface area contributed by atoms with Gasteiger partial charge in [-0.1, -0.05) is 23.7 Å². The number of aromatic nitrogens is 4. The minimum atomic E-state index is -0.634. The Kier molecular flexibility index (Phi) is 4.69. The predicted molar refractivity (Wildman–Crippen MR) is 113 cm³/mol. The summed E-state index contributed by atoms with van der Waals surface area (Å²) in [4.78, 5) is 16.4. The van der Waals surface area contributed by atoms with Crippen LogP contribution in [0.4, 0.5) is 0 Å². The van der Waals surface area contributed by atoms with E-state index in [0.717, 1.165) is 15.2 Å². The van der Waals surface area contributed by atoms with E-state index in [1.807, 2.05) is 24.3 Å². The maximum absolute atomic E-state index is 9.86. The Hall–Kier alpha value is -2.50. The number of nitrogens with one attached hydrogen (secondary N) is 1. The number of aromatic amines is 1. The van der Waals surface area contributed by atoms with E-state index in [0.29, 0.717) is 22.8 Å². The molecule has 160 valence electrons. The molecule has 31 heavy (non-hydrogen) atoms. The number of imidazole rings is 1. The van der Waals surface area contributed by atoms with Crippen molar-refractivity contribution >= 4 is 44.3 Å². The molecule has 4 aromatic rings. The topological polar surface area (TPSA) is 112 Å². The van der Waals surface area contributed by atoms with Crippen molar-refractivity contribution in [2.24, 2.45) is 0 Å². The number of para-hydroxylation sites is 1. The van der Waals surface area contributed by atoms with Crippen LogP contribution in [0.3, 0.4) is 0 Å². The van der Waals surface area contributed by atoms with Crippen LogP contribution in [0.15, 0.2) is 30.3 Å². The second-order valence-electron chi connectivity index (χ2n) is 7.37. The van der Waals surface area contributed by atoms with Gasteiger partial charge in [-0.15, -0.1) is 11.3 Å². The van der Waals surface area contributed by atoms with E-state index in [1.165, 1.54) is 0 Å². The van der Waals surface area contributed by atoms with Gasteiger partial charge in [0.05, 0.1) is 28.9 Å². The summed E-state index contributed by atoms with van der Waals surface area (Å²) in [5.74, 6) is 0.276. The van der Waals surface area contributed by atoms with Gasteiger partial charge in [-0.05, 0) is 18.2 Å². The quantitative estimate of drug-likeness (QED) is 0.467. The van der Waals surface area contributed by atoms with E-state index in [1.54, 1.807) is 17.4 Å². The average molecular weight is 461 g/mol. The number of pyridine rings is 1. The molecule has 2 N–H and O–H groups in total. The highest BCUT2D eigenvalue weighted by atomic mass is 35.5. The highest BCUT2D eigenvalue weighted by Crippen LogP contribution is 2.32. The lowest BCUT2D eigenvalue weighted by molar-refractivity contribution is 0.00706. The molecule has 9 nitrogen and oxygen atoms in total. The van der Waals surface area contributed by atoms with E-state index in [-0.39, 0.29) is 43.4 Å². The second-order valence-corrected chi connectivity index (χ2v) is 8.89. The highest BCUT2D eigenvalue weighted by molar-refractivity contribution is 7.18. The fourth-order valence-electron chi connectivity index (χ4n) is 3.84. The standard InChI is InChI=1S/C20H17ClN4O5S/c21-9-5-11-18(24-19(9)29-8-15-22-10-3-1-2-4-14(10)31-15)25-20(23-11)30-13-7-28-16-12(26)6-27-17(13)16/h1-5,12-13,16-17,26H,6-8H2,(H,23,24,25)/t12-,13-,16-,17?/m1/s1. The molecule has 0 radical (unpaired) electrons. The van der Waals surface area contributed by atoms with Gasteiger partial charge in [0.1, 0.15) is 34.9 Å². The molecule has 0 aliphatic carbocycles. The van der Waals surface area contributed by atoms with Crippen LogP contribution in [0.25, 0.3) is 21.4 Å². The number of hydrogen-bond acceptors (Lipinski definition) is 9. The molecule has 0 amide bonds. The summed E-state index contributed by atoms with van der Waals surface area (Å²) in [5.41, 5.74) is 1.98. The number of ether oxygens (including phenoxy) is 4. The molecule has 2 aliphatic heterocycles. The largest absolute Gasteiger partial charge is 0.469 e. The molecule has 4 atom stereocenters. The van der Waals surface area contributed by atoms with Gasteiger partial charge >= 0.3 is 0 Å². The molecule has 0 spiro atoms. The van der Waals surface area contributed by atoms with Crippen molar-refractivity contribution in [3.05, 3.63) is 40.4 Å². The van der Waals surface area contributed by atoms with Crippen LogP contribution < -0.4 is 9.47 Å². The molecule has 2 fully saturated rings. The molecule has 0 saturated carbocycles. The van der Waals surface area contributed by atoms with Gasteiger partial charge in [-0.3, -0.25) is 0 Å². The summed E-state index contributed by atoms with van der Waals surface area (Å²) in [5, 5.41) is 11.1. The van der Waals surface area contributed by atoms with Crippen LogP contribution in [0.1, 0.15) is 5.01 Å². The fourth-order valence-corrected chi connectivity index (χ4v) is 4.92. The smallest absolute Gasteiger partial charge is 0.296 e. The van der Waals surface area contributed by atoms with Crippen molar-refractivity contribution < 1.29 is 24.1 Å². The zero-order valence-corrected chi connectivity index (χ0v) is 17.6. The normalized spacial score (nSPS) is 25.4. The third kappa shape index (κ3) is 3.50. The summed E-state index contributed by atoms with van der Waals surface area (Å²) in [6, 6.07) is 9.89. The first kappa shape index (κ1) is 19.2. The fraction of sp³-hybridized carbons (Fsp3) is 0.350. The van der Waals surface area contributed by atoms with E-state index >= 15 is 0 Å². The van der Waals surface area contributed by atoms with Crippen molar-refractivity contribution in [1.29, 1.82) is 0 Å². The number of aliphatic hydroxyl groups is 1. The molecule has 2 aliphatic rings. The maximum atomic E-state index is 9.86. The first-order valence-electron chi connectivity index (χ1n) is 9.75. The van der Waals surface area contributed by atoms with E-state index in [9.17, 15) is 5.11 Å². The van der Waals surface area contributed by atoms with Gasteiger partial charge in [-0.2, -0.15) is 9.97 Å². The van der Waals surface area contributed by atoms with E-state index in [4.69, 9.17) is 30.5 Å². The molecule has 0 bridgehead atoms.